The van der Waals surface area contributed by atoms with Gasteiger partial charge in [-0.3, -0.25) is 9.59 Å². The molecule has 1 heterocycles. The van der Waals surface area contributed by atoms with Crippen LogP contribution in [0, 0.1) is 11.3 Å². The monoisotopic (exact) mass is 638 g/mol. The molecule has 1 amide bonds. The molecular formula is C30H42N2O3S5. The van der Waals surface area contributed by atoms with Gasteiger partial charge in [-0.05, 0) is 81.2 Å². The summed E-state index contributed by atoms with van der Waals surface area (Å²) in [6.07, 6.45) is 4.98. The third kappa shape index (κ3) is 13.6. The maximum absolute atomic E-state index is 13.4. The standard InChI is InChI=1S/C30H42N2O3S5/c1-6-7-18-37-29(36)39-25(23-13-9-8-10-14-23)20-24(27(33)32-22(2)3)21-30(4,5)28(34)35-17-19-38-40-26-15-11-12-16-31-26/h8-16,22,24-25H,6-7,17-21H2,1-5H3,(H,32,33). The molecule has 40 heavy (non-hydrogen) atoms. The Balaban J connectivity index is 2.07. The van der Waals surface area contributed by atoms with E-state index in [0.717, 1.165) is 32.7 Å². The van der Waals surface area contributed by atoms with Crippen molar-refractivity contribution in [3.05, 3.63) is 60.3 Å². The predicted molar refractivity (Wildman–Crippen MR) is 180 cm³/mol. The van der Waals surface area contributed by atoms with Gasteiger partial charge in [-0.15, -0.1) is 11.8 Å². The summed E-state index contributed by atoms with van der Waals surface area (Å²) in [7, 11) is 3.16. The van der Waals surface area contributed by atoms with Crippen LogP contribution in [0.15, 0.2) is 59.8 Å². The molecule has 0 saturated heterocycles. The molecule has 0 aliphatic rings. The van der Waals surface area contributed by atoms with Crippen molar-refractivity contribution in [2.45, 2.75) is 76.6 Å². The van der Waals surface area contributed by atoms with E-state index in [1.807, 2.05) is 64.1 Å². The number of carbonyl (C=O) groups excluding carboxylic acids is 2. The molecule has 5 nitrogen and oxygen atoms in total. The Morgan fingerprint density at radius 3 is 2.45 bits per heavy atom. The second-order valence-corrected chi connectivity index (χ2v) is 16.3. The highest BCUT2D eigenvalue weighted by Gasteiger charge is 2.37. The molecule has 220 valence electrons. The number of hydrogen-bond acceptors (Lipinski definition) is 9. The topological polar surface area (TPSA) is 68.3 Å². The number of hydrogen-bond donors (Lipinski definition) is 1. The number of rotatable bonds is 17. The second kappa shape index (κ2) is 19.1. The summed E-state index contributed by atoms with van der Waals surface area (Å²) in [6.45, 7) is 10.1. The van der Waals surface area contributed by atoms with Crippen LogP contribution in [-0.4, -0.2) is 44.5 Å². The normalized spacial score (nSPS) is 13.1. The smallest absolute Gasteiger partial charge is 0.311 e. The van der Waals surface area contributed by atoms with E-state index in [1.54, 1.807) is 51.3 Å². The number of aromatic nitrogens is 1. The number of ether oxygens (including phenoxy) is 1. The zero-order valence-corrected chi connectivity index (χ0v) is 28.2. The summed E-state index contributed by atoms with van der Waals surface area (Å²) in [6, 6.07) is 16.0. The highest BCUT2D eigenvalue weighted by atomic mass is 33.1. The zero-order chi connectivity index (χ0) is 29.4. The molecule has 0 radical (unpaired) electrons. The summed E-state index contributed by atoms with van der Waals surface area (Å²) in [4.78, 5) is 30.9. The fraction of sp³-hybridized carbons (Fsp3) is 0.533. The van der Waals surface area contributed by atoms with E-state index in [2.05, 4.69) is 29.4 Å². The van der Waals surface area contributed by atoms with Crippen molar-refractivity contribution in [2.75, 3.05) is 18.1 Å². The van der Waals surface area contributed by atoms with Crippen molar-refractivity contribution in [2.24, 2.45) is 11.3 Å². The van der Waals surface area contributed by atoms with Gasteiger partial charge in [-0.25, -0.2) is 4.98 Å². The van der Waals surface area contributed by atoms with Gasteiger partial charge >= 0.3 is 5.97 Å². The number of amides is 1. The number of nitrogens with zero attached hydrogens (tertiary/aromatic N) is 1. The van der Waals surface area contributed by atoms with Crippen LogP contribution in [0.2, 0.25) is 0 Å². The third-order valence-corrected chi connectivity index (χ3v) is 11.1. The van der Waals surface area contributed by atoms with Crippen molar-refractivity contribution in [3.63, 3.8) is 0 Å². The minimum Gasteiger partial charge on any atom is -0.464 e. The second-order valence-electron chi connectivity index (χ2n) is 10.4. The molecular weight excluding hydrogens is 597 g/mol. The van der Waals surface area contributed by atoms with Crippen molar-refractivity contribution in [1.82, 2.24) is 10.3 Å². The molecule has 1 N–H and O–H groups in total. The van der Waals surface area contributed by atoms with Gasteiger partial charge in [0.25, 0.3) is 0 Å². The lowest BCUT2D eigenvalue weighted by Crippen LogP contribution is -2.40. The summed E-state index contributed by atoms with van der Waals surface area (Å²) >= 11 is 9.09. The van der Waals surface area contributed by atoms with E-state index in [4.69, 9.17) is 17.0 Å². The van der Waals surface area contributed by atoms with Crippen LogP contribution in [0.5, 0.6) is 0 Å². The lowest BCUT2D eigenvalue weighted by Gasteiger charge is -2.30. The quantitative estimate of drug-likeness (QED) is 0.0794. The number of pyridine rings is 1. The van der Waals surface area contributed by atoms with Crippen LogP contribution in [-0.2, 0) is 14.3 Å². The Kier molecular flexibility index (Phi) is 16.7. The van der Waals surface area contributed by atoms with Gasteiger partial charge in [0.05, 0.1) is 5.41 Å². The van der Waals surface area contributed by atoms with E-state index in [-0.39, 0.29) is 29.1 Å². The highest BCUT2D eigenvalue weighted by molar-refractivity contribution is 8.76. The van der Waals surface area contributed by atoms with E-state index in [9.17, 15) is 9.59 Å². The molecule has 0 aliphatic carbocycles. The van der Waals surface area contributed by atoms with Crippen molar-refractivity contribution in [1.29, 1.82) is 0 Å². The zero-order valence-electron chi connectivity index (χ0n) is 24.1. The van der Waals surface area contributed by atoms with E-state index >= 15 is 0 Å². The van der Waals surface area contributed by atoms with Gasteiger partial charge in [-0.1, -0.05) is 84.5 Å². The number of unbranched alkanes of at least 4 members (excludes halogenated alkanes) is 1. The first kappa shape index (κ1) is 35.0. The van der Waals surface area contributed by atoms with Crippen LogP contribution in [0.3, 0.4) is 0 Å². The maximum Gasteiger partial charge on any atom is 0.311 e. The van der Waals surface area contributed by atoms with Crippen molar-refractivity contribution < 1.29 is 14.3 Å². The van der Waals surface area contributed by atoms with Gasteiger partial charge in [0, 0.05) is 29.2 Å². The first-order chi connectivity index (χ1) is 19.1. The molecule has 2 unspecified atom stereocenters. The SMILES string of the molecule is CCCCSC(=S)SC(CC(CC(C)(C)C(=O)OCCSSc1ccccn1)C(=O)NC(C)C)c1ccccc1. The molecule has 2 atom stereocenters. The predicted octanol–water partition coefficient (Wildman–Crippen LogP) is 8.61. The van der Waals surface area contributed by atoms with E-state index in [1.165, 1.54) is 0 Å². The lowest BCUT2D eigenvalue weighted by atomic mass is 9.80. The Morgan fingerprint density at radius 2 is 1.80 bits per heavy atom. The van der Waals surface area contributed by atoms with Crippen LogP contribution in [0.4, 0.5) is 0 Å². The molecule has 0 spiro atoms. The molecule has 2 aromatic rings. The number of nitrogens with one attached hydrogen (secondary N) is 1. The van der Waals surface area contributed by atoms with Gasteiger partial charge < -0.3 is 10.1 Å². The Hall–Kier alpha value is -1.20. The Bertz CT molecular complexity index is 1040. The number of esters is 1. The molecule has 0 saturated carbocycles. The Labute approximate surface area is 262 Å². The van der Waals surface area contributed by atoms with Crippen LogP contribution in [0.25, 0.3) is 0 Å². The van der Waals surface area contributed by atoms with Crippen molar-refractivity contribution >= 4 is 72.7 Å². The van der Waals surface area contributed by atoms with Gasteiger partial charge in [0.1, 0.15) is 15.2 Å². The lowest BCUT2D eigenvalue weighted by molar-refractivity contribution is -0.154. The summed E-state index contributed by atoms with van der Waals surface area (Å²) in [5.74, 6) is 0.955. The van der Waals surface area contributed by atoms with Crippen LogP contribution >= 0.6 is 57.3 Å². The molecule has 1 aromatic carbocycles. The van der Waals surface area contributed by atoms with E-state index < -0.39 is 5.41 Å². The molecule has 2 rings (SSSR count). The van der Waals surface area contributed by atoms with Crippen LogP contribution < -0.4 is 5.32 Å². The first-order valence-electron chi connectivity index (χ1n) is 13.7. The fourth-order valence-corrected chi connectivity index (χ4v) is 8.50. The van der Waals surface area contributed by atoms with E-state index in [0.29, 0.717) is 25.2 Å². The van der Waals surface area contributed by atoms with Gasteiger partial charge in [0.15, 0.2) is 0 Å². The summed E-state index contributed by atoms with van der Waals surface area (Å²) in [5, 5.41) is 4.02. The summed E-state index contributed by atoms with van der Waals surface area (Å²) in [5.41, 5.74) is 0.316. The summed E-state index contributed by atoms with van der Waals surface area (Å²) < 4.78 is 6.55. The van der Waals surface area contributed by atoms with Gasteiger partial charge in [-0.2, -0.15) is 0 Å². The van der Waals surface area contributed by atoms with Crippen molar-refractivity contribution in [3.8, 4) is 0 Å². The highest BCUT2D eigenvalue weighted by Crippen LogP contribution is 2.41. The largest absolute Gasteiger partial charge is 0.464 e. The minimum absolute atomic E-state index is 0.00666. The number of carbonyl (C=O) groups is 2. The number of benzene rings is 1. The average Bonchev–Trinajstić information content (AvgIpc) is 2.92. The molecule has 1 aromatic heterocycles. The van der Waals surface area contributed by atoms with Gasteiger partial charge in [0.2, 0.25) is 5.91 Å². The maximum atomic E-state index is 13.4. The molecule has 0 bridgehead atoms. The Morgan fingerprint density at radius 1 is 1.07 bits per heavy atom. The minimum atomic E-state index is -0.819. The third-order valence-electron chi connectivity index (χ3n) is 5.92. The average molecular weight is 639 g/mol. The molecule has 0 fully saturated rings. The van der Waals surface area contributed by atoms with Crippen LogP contribution in [0.1, 0.15) is 71.1 Å². The fourth-order valence-electron chi connectivity index (χ4n) is 3.88. The number of thioether (sulfide) groups is 2. The first-order valence-corrected chi connectivity index (χ1v) is 18.3. The number of thiocarbonyl (C=S) groups is 1. The molecule has 10 heteroatoms. The molecule has 0 aliphatic heterocycles.